The van der Waals surface area contributed by atoms with Gasteiger partial charge in [-0.25, -0.2) is 4.98 Å². The minimum atomic E-state index is -0.153. The molecule has 5 nitrogen and oxygen atoms in total. The van der Waals surface area contributed by atoms with E-state index in [4.69, 9.17) is 9.15 Å². The number of hydrogen-bond donors (Lipinski definition) is 1. The first-order chi connectivity index (χ1) is 15.4. The van der Waals surface area contributed by atoms with E-state index >= 15 is 0 Å². The number of amides is 1. The Hall–Kier alpha value is -3.86. The third kappa shape index (κ3) is 4.89. The second kappa shape index (κ2) is 9.10. The molecule has 32 heavy (non-hydrogen) atoms. The van der Waals surface area contributed by atoms with Crippen LogP contribution in [0.5, 0.6) is 5.75 Å². The van der Waals surface area contributed by atoms with Crippen LogP contribution in [0.15, 0.2) is 71.1 Å². The van der Waals surface area contributed by atoms with Gasteiger partial charge in [-0.1, -0.05) is 35.4 Å². The predicted molar refractivity (Wildman–Crippen MR) is 126 cm³/mol. The lowest BCUT2D eigenvalue weighted by Gasteiger charge is -2.09. The van der Waals surface area contributed by atoms with Crippen LogP contribution in [0.25, 0.3) is 11.5 Å². The summed E-state index contributed by atoms with van der Waals surface area (Å²) in [7, 11) is 0. The van der Waals surface area contributed by atoms with E-state index in [9.17, 15) is 4.79 Å². The zero-order valence-electron chi connectivity index (χ0n) is 18.7. The van der Waals surface area contributed by atoms with Crippen LogP contribution >= 0.6 is 0 Å². The number of aromatic nitrogens is 1. The van der Waals surface area contributed by atoms with Crippen molar-refractivity contribution in [1.29, 1.82) is 0 Å². The second-order valence-corrected chi connectivity index (χ2v) is 7.97. The number of rotatable bonds is 6. The molecule has 162 valence electrons. The first-order valence-corrected chi connectivity index (χ1v) is 10.5. The van der Waals surface area contributed by atoms with E-state index < -0.39 is 0 Å². The SMILES string of the molecule is Cc1ccc(OCc2nc(-c3ccc(C(=O)Nc4ccc(C)cc4C)cc3)oc2C)cc1. The number of hydrogen-bond acceptors (Lipinski definition) is 4. The van der Waals surface area contributed by atoms with E-state index in [1.165, 1.54) is 5.56 Å². The topological polar surface area (TPSA) is 64.4 Å². The van der Waals surface area contributed by atoms with Gasteiger partial charge in [-0.2, -0.15) is 0 Å². The lowest BCUT2D eigenvalue weighted by molar-refractivity contribution is 0.102. The molecule has 4 rings (SSSR count). The summed E-state index contributed by atoms with van der Waals surface area (Å²) in [5, 5.41) is 2.97. The monoisotopic (exact) mass is 426 g/mol. The molecule has 1 amide bonds. The Morgan fingerprint density at radius 2 is 1.59 bits per heavy atom. The zero-order valence-corrected chi connectivity index (χ0v) is 18.7. The zero-order chi connectivity index (χ0) is 22.7. The smallest absolute Gasteiger partial charge is 0.255 e. The van der Waals surface area contributed by atoms with Crippen LogP contribution in [0, 0.1) is 27.7 Å². The molecule has 1 aromatic heterocycles. The molecular weight excluding hydrogens is 400 g/mol. The Kier molecular flexibility index (Phi) is 6.08. The summed E-state index contributed by atoms with van der Waals surface area (Å²) in [6.07, 6.45) is 0. The van der Waals surface area contributed by atoms with Crippen molar-refractivity contribution >= 4 is 11.6 Å². The summed E-state index contributed by atoms with van der Waals surface area (Å²) >= 11 is 0. The van der Waals surface area contributed by atoms with Gasteiger partial charge in [0.05, 0.1) is 0 Å². The van der Waals surface area contributed by atoms with Crippen LogP contribution in [0.3, 0.4) is 0 Å². The number of oxazole rings is 1. The molecule has 0 aliphatic rings. The van der Waals surface area contributed by atoms with E-state index in [1.54, 1.807) is 12.1 Å². The van der Waals surface area contributed by atoms with Crippen molar-refractivity contribution in [3.63, 3.8) is 0 Å². The van der Waals surface area contributed by atoms with E-state index in [0.717, 1.165) is 33.8 Å². The fourth-order valence-corrected chi connectivity index (χ4v) is 3.38. The third-order valence-electron chi connectivity index (χ3n) is 5.31. The van der Waals surface area contributed by atoms with Crippen molar-refractivity contribution in [2.24, 2.45) is 0 Å². The first kappa shape index (κ1) is 21.4. The molecule has 0 atom stereocenters. The fourth-order valence-electron chi connectivity index (χ4n) is 3.38. The van der Waals surface area contributed by atoms with E-state index in [-0.39, 0.29) is 5.91 Å². The lowest BCUT2D eigenvalue weighted by atomic mass is 10.1. The van der Waals surface area contributed by atoms with E-state index in [2.05, 4.69) is 10.3 Å². The highest BCUT2D eigenvalue weighted by Gasteiger charge is 2.14. The Morgan fingerprint density at radius 3 is 2.28 bits per heavy atom. The summed E-state index contributed by atoms with van der Waals surface area (Å²) < 4.78 is 11.7. The highest BCUT2D eigenvalue weighted by Crippen LogP contribution is 2.24. The normalized spacial score (nSPS) is 10.8. The van der Waals surface area contributed by atoms with Crippen LogP contribution in [-0.4, -0.2) is 10.9 Å². The maximum Gasteiger partial charge on any atom is 0.255 e. The molecule has 0 unspecified atom stereocenters. The maximum absolute atomic E-state index is 12.6. The maximum atomic E-state index is 12.6. The number of carbonyl (C=O) groups is 1. The van der Waals surface area contributed by atoms with Gasteiger partial charge in [0.1, 0.15) is 23.8 Å². The van der Waals surface area contributed by atoms with Gasteiger partial charge in [-0.05, 0) is 75.7 Å². The van der Waals surface area contributed by atoms with Crippen molar-refractivity contribution in [3.8, 4) is 17.2 Å². The Bertz CT molecular complexity index is 1240. The number of nitrogens with one attached hydrogen (secondary N) is 1. The van der Waals surface area contributed by atoms with Gasteiger partial charge < -0.3 is 14.5 Å². The van der Waals surface area contributed by atoms with Crippen molar-refractivity contribution in [3.05, 3.63) is 100 Å². The predicted octanol–water partition coefficient (Wildman–Crippen LogP) is 6.41. The van der Waals surface area contributed by atoms with E-state index in [0.29, 0.717) is 23.8 Å². The number of anilines is 1. The molecule has 0 spiro atoms. The Labute approximate surface area is 188 Å². The molecule has 0 radical (unpaired) electrons. The molecule has 3 aromatic carbocycles. The standard InChI is InChI=1S/C27H26N2O3/c1-17-5-12-23(13-6-17)31-16-25-20(4)32-27(29-25)22-10-8-21(9-11-22)26(30)28-24-14-7-18(2)15-19(24)3/h5-15H,16H2,1-4H3,(H,28,30). The van der Waals surface area contributed by atoms with Crippen molar-refractivity contribution in [1.82, 2.24) is 4.98 Å². The molecular formula is C27H26N2O3. The van der Waals surface area contributed by atoms with Gasteiger partial charge in [-0.3, -0.25) is 4.79 Å². The quantitative estimate of drug-likeness (QED) is 0.387. The summed E-state index contributed by atoms with van der Waals surface area (Å²) in [5.74, 6) is 1.85. The van der Waals surface area contributed by atoms with Crippen LogP contribution in [0.2, 0.25) is 0 Å². The van der Waals surface area contributed by atoms with Gasteiger partial charge in [0.25, 0.3) is 5.91 Å². The fraction of sp³-hybridized carbons (Fsp3) is 0.185. The number of nitrogens with zero attached hydrogens (tertiary/aromatic N) is 1. The summed E-state index contributed by atoms with van der Waals surface area (Å²) in [5.41, 5.74) is 6.31. The van der Waals surface area contributed by atoms with Crippen LogP contribution in [0.1, 0.15) is 38.5 Å². The summed E-state index contributed by atoms with van der Waals surface area (Å²) in [4.78, 5) is 17.2. The number of aryl methyl sites for hydroxylation is 4. The number of ether oxygens (including phenoxy) is 1. The average Bonchev–Trinajstić information content (AvgIpc) is 3.16. The molecule has 1 heterocycles. The van der Waals surface area contributed by atoms with Crippen LogP contribution < -0.4 is 10.1 Å². The molecule has 4 aromatic rings. The van der Waals surface area contributed by atoms with Gasteiger partial charge in [0.15, 0.2) is 0 Å². The summed E-state index contributed by atoms with van der Waals surface area (Å²) in [6.45, 7) is 8.25. The molecule has 0 aliphatic heterocycles. The van der Waals surface area contributed by atoms with Crippen molar-refractivity contribution < 1.29 is 13.9 Å². The van der Waals surface area contributed by atoms with Crippen LogP contribution in [-0.2, 0) is 6.61 Å². The van der Waals surface area contributed by atoms with Gasteiger partial charge >= 0.3 is 0 Å². The van der Waals surface area contributed by atoms with E-state index in [1.807, 2.05) is 82.3 Å². The minimum absolute atomic E-state index is 0.153. The number of carbonyl (C=O) groups excluding carboxylic acids is 1. The molecule has 5 heteroatoms. The molecule has 0 saturated heterocycles. The third-order valence-corrected chi connectivity index (χ3v) is 5.31. The number of benzene rings is 3. The molecule has 0 aliphatic carbocycles. The van der Waals surface area contributed by atoms with Crippen molar-refractivity contribution in [2.45, 2.75) is 34.3 Å². The van der Waals surface area contributed by atoms with Gasteiger partial charge in [0.2, 0.25) is 5.89 Å². The molecule has 0 saturated carbocycles. The highest BCUT2D eigenvalue weighted by atomic mass is 16.5. The summed E-state index contributed by atoms with van der Waals surface area (Å²) in [6, 6.07) is 21.1. The molecule has 0 bridgehead atoms. The highest BCUT2D eigenvalue weighted by molar-refractivity contribution is 6.04. The minimum Gasteiger partial charge on any atom is -0.487 e. The molecule has 0 fully saturated rings. The van der Waals surface area contributed by atoms with Crippen molar-refractivity contribution in [2.75, 3.05) is 5.32 Å². The Morgan fingerprint density at radius 1 is 0.906 bits per heavy atom. The van der Waals surface area contributed by atoms with Gasteiger partial charge in [-0.15, -0.1) is 0 Å². The Balaban J connectivity index is 1.44. The largest absolute Gasteiger partial charge is 0.487 e. The first-order valence-electron chi connectivity index (χ1n) is 10.5. The second-order valence-electron chi connectivity index (χ2n) is 7.97. The lowest BCUT2D eigenvalue weighted by Crippen LogP contribution is -2.12. The van der Waals surface area contributed by atoms with Crippen LogP contribution in [0.4, 0.5) is 5.69 Å². The van der Waals surface area contributed by atoms with Gasteiger partial charge in [0, 0.05) is 16.8 Å². The molecule has 1 N–H and O–H groups in total. The average molecular weight is 427 g/mol.